The van der Waals surface area contributed by atoms with Gasteiger partial charge in [-0.25, -0.2) is 8.93 Å². The Balaban J connectivity index is 2.94. The van der Waals surface area contributed by atoms with E-state index in [1.807, 2.05) is 58.0 Å². The van der Waals surface area contributed by atoms with Gasteiger partial charge in [0.2, 0.25) is 0 Å². The molecule has 0 heterocycles. The number of carbonyl (C=O) groups is 1. The molecule has 6 heteroatoms. The first-order valence-electron chi connectivity index (χ1n) is 11.6. The van der Waals surface area contributed by atoms with Gasteiger partial charge in [0.15, 0.2) is 0 Å². The molecule has 0 aromatic heterocycles. The lowest BCUT2D eigenvalue weighted by Gasteiger charge is -2.32. The number of esters is 1. The fraction of sp³-hybridized carbons (Fsp3) is 0.654. The number of nitrogens with one attached hydrogen (secondary N) is 1. The van der Waals surface area contributed by atoms with Crippen molar-refractivity contribution in [2.45, 2.75) is 84.1 Å². The van der Waals surface area contributed by atoms with Crippen molar-refractivity contribution in [3.63, 3.8) is 0 Å². The Morgan fingerprint density at radius 3 is 2.41 bits per heavy atom. The molecular formula is C26H43NO4S. The third-order valence-corrected chi connectivity index (χ3v) is 7.15. The molecule has 1 aromatic carbocycles. The molecule has 182 valence electrons. The van der Waals surface area contributed by atoms with Crippen LogP contribution in [0.2, 0.25) is 0 Å². The lowest BCUT2D eigenvalue weighted by molar-refractivity contribution is -0.149. The fourth-order valence-electron chi connectivity index (χ4n) is 3.51. The number of unbranched alkanes of at least 4 members (excludes halogenated alkanes) is 1. The van der Waals surface area contributed by atoms with E-state index in [4.69, 9.17) is 9.47 Å². The molecule has 0 bridgehead atoms. The van der Waals surface area contributed by atoms with Gasteiger partial charge in [0, 0.05) is 6.04 Å². The highest BCUT2D eigenvalue weighted by atomic mass is 32.2. The van der Waals surface area contributed by atoms with Gasteiger partial charge in [0.1, 0.15) is 0 Å². The van der Waals surface area contributed by atoms with Crippen LogP contribution < -0.4 is 4.72 Å². The number of hydrogen-bond donors (Lipinski definition) is 1. The highest BCUT2D eigenvalue weighted by molar-refractivity contribution is 7.84. The van der Waals surface area contributed by atoms with E-state index in [-0.39, 0.29) is 17.9 Å². The second-order valence-corrected chi connectivity index (χ2v) is 11.5. The van der Waals surface area contributed by atoms with E-state index in [9.17, 15) is 9.00 Å². The summed E-state index contributed by atoms with van der Waals surface area (Å²) in [6.07, 6.45) is 4.66. The maximum atomic E-state index is 12.9. The summed E-state index contributed by atoms with van der Waals surface area (Å²) >= 11 is 0. The van der Waals surface area contributed by atoms with Gasteiger partial charge in [0.05, 0.1) is 42.0 Å². The summed E-state index contributed by atoms with van der Waals surface area (Å²) in [6, 6.07) is 9.66. The van der Waals surface area contributed by atoms with E-state index in [2.05, 4.69) is 18.2 Å². The van der Waals surface area contributed by atoms with Gasteiger partial charge < -0.3 is 9.47 Å². The Hall–Kier alpha value is -1.50. The molecule has 0 aliphatic carbocycles. The minimum Gasteiger partial charge on any atom is -0.469 e. The van der Waals surface area contributed by atoms with Gasteiger partial charge in [-0.1, -0.05) is 62.8 Å². The molecule has 4 atom stereocenters. The van der Waals surface area contributed by atoms with Crippen LogP contribution in [0.15, 0.2) is 42.5 Å². The van der Waals surface area contributed by atoms with E-state index in [1.54, 1.807) is 0 Å². The van der Waals surface area contributed by atoms with Gasteiger partial charge in [0.25, 0.3) is 0 Å². The second kappa shape index (κ2) is 14.6. The zero-order valence-corrected chi connectivity index (χ0v) is 21.6. The topological polar surface area (TPSA) is 64.6 Å². The van der Waals surface area contributed by atoms with Gasteiger partial charge in [-0.05, 0) is 57.9 Å². The average molecular weight is 466 g/mol. The van der Waals surface area contributed by atoms with Crippen molar-refractivity contribution in [2.24, 2.45) is 11.8 Å². The van der Waals surface area contributed by atoms with E-state index in [0.717, 1.165) is 36.8 Å². The summed E-state index contributed by atoms with van der Waals surface area (Å²) in [5.41, 5.74) is 2.25. The maximum Gasteiger partial charge on any atom is 0.310 e. The Kier molecular flexibility index (Phi) is 13.0. The lowest BCUT2D eigenvalue weighted by Crippen LogP contribution is -2.48. The zero-order chi connectivity index (χ0) is 24.1. The molecule has 1 rings (SSSR count). The molecule has 1 unspecified atom stereocenters. The van der Waals surface area contributed by atoms with Crippen molar-refractivity contribution in [3.05, 3.63) is 48.0 Å². The second-order valence-electron chi connectivity index (χ2n) is 9.52. The van der Waals surface area contributed by atoms with Gasteiger partial charge in [-0.2, -0.15) is 0 Å². The number of carbonyl (C=O) groups excluding carboxylic acids is 1. The van der Waals surface area contributed by atoms with Crippen molar-refractivity contribution < 1.29 is 18.5 Å². The van der Waals surface area contributed by atoms with Crippen LogP contribution in [-0.4, -0.2) is 34.7 Å². The number of allylic oxidation sites excluding steroid dienone is 1. The van der Waals surface area contributed by atoms with Crippen LogP contribution in [0.3, 0.4) is 0 Å². The Labute approximate surface area is 197 Å². The molecule has 1 N–H and O–H groups in total. The number of hydrogen-bond acceptors (Lipinski definition) is 4. The smallest absolute Gasteiger partial charge is 0.310 e. The summed E-state index contributed by atoms with van der Waals surface area (Å²) in [5, 5.41) is 0. The number of ether oxygens (including phenoxy) is 2. The van der Waals surface area contributed by atoms with Crippen LogP contribution in [-0.2, 0) is 31.9 Å². The molecule has 0 aliphatic heterocycles. The molecule has 5 nitrogen and oxygen atoms in total. The fourth-order valence-corrected chi connectivity index (χ4v) is 4.40. The molecule has 0 saturated carbocycles. The van der Waals surface area contributed by atoms with Crippen molar-refractivity contribution in [1.29, 1.82) is 0 Å². The van der Waals surface area contributed by atoms with Gasteiger partial charge in [-0.3, -0.25) is 4.79 Å². The first-order chi connectivity index (χ1) is 15.1. The van der Waals surface area contributed by atoms with Gasteiger partial charge in [-0.15, -0.1) is 0 Å². The first kappa shape index (κ1) is 28.5. The highest BCUT2D eigenvalue weighted by Gasteiger charge is 2.36. The SMILES string of the molecule is C=C(CCCC)CC[C@H](NS(=O)C(C)(C)C)[C@@H](C(=O)OC)[C@H](C)COCc1ccccc1. The number of rotatable bonds is 15. The Bertz CT molecular complexity index is 714. The number of benzene rings is 1. The molecule has 0 amide bonds. The zero-order valence-electron chi connectivity index (χ0n) is 20.8. The normalized spacial score (nSPS) is 15.6. The minimum absolute atomic E-state index is 0.107. The van der Waals surface area contributed by atoms with Crippen LogP contribution in [0, 0.1) is 11.8 Å². The molecule has 32 heavy (non-hydrogen) atoms. The predicted molar refractivity (Wildman–Crippen MR) is 133 cm³/mol. The van der Waals surface area contributed by atoms with E-state index in [0.29, 0.717) is 19.6 Å². The molecule has 0 spiro atoms. The molecule has 0 radical (unpaired) electrons. The summed E-state index contributed by atoms with van der Waals surface area (Å²) in [5.74, 6) is -0.881. The molecule has 0 aliphatic rings. The minimum atomic E-state index is -1.31. The van der Waals surface area contributed by atoms with Crippen LogP contribution in [0.1, 0.15) is 72.3 Å². The monoisotopic (exact) mass is 465 g/mol. The molecule has 1 aromatic rings. The van der Waals surface area contributed by atoms with Crippen LogP contribution >= 0.6 is 0 Å². The lowest BCUT2D eigenvalue weighted by atomic mass is 9.85. The van der Waals surface area contributed by atoms with E-state index < -0.39 is 21.7 Å². The summed E-state index contributed by atoms with van der Waals surface area (Å²) < 4.78 is 26.8. The van der Waals surface area contributed by atoms with Crippen molar-refractivity contribution >= 4 is 17.0 Å². The summed E-state index contributed by atoms with van der Waals surface area (Å²) in [7, 11) is 0.101. The van der Waals surface area contributed by atoms with E-state index in [1.165, 1.54) is 7.11 Å². The molecule has 0 fully saturated rings. The third-order valence-electron chi connectivity index (χ3n) is 5.52. The maximum absolute atomic E-state index is 12.9. The van der Waals surface area contributed by atoms with Crippen LogP contribution in [0.25, 0.3) is 0 Å². The Morgan fingerprint density at radius 1 is 1.19 bits per heavy atom. The van der Waals surface area contributed by atoms with Crippen molar-refractivity contribution in [2.75, 3.05) is 13.7 Å². The summed E-state index contributed by atoms with van der Waals surface area (Å²) in [6.45, 7) is 15.0. The van der Waals surface area contributed by atoms with Gasteiger partial charge >= 0.3 is 5.97 Å². The number of methoxy groups -OCH3 is 1. The van der Waals surface area contributed by atoms with Crippen molar-refractivity contribution in [1.82, 2.24) is 4.72 Å². The summed E-state index contributed by atoms with van der Waals surface area (Å²) in [4.78, 5) is 12.8. The van der Waals surface area contributed by atoms with Crippen molar-refractivity contribution in [3.8, 4) is 0 Å². The highest BCUT2D eigenvalue weighted by Crippen LogP contribution is 2.26. The van der Waals surface area contributed by atoms with Crippen LogP contribution in [0.4, 0.5) is 0 Å². The molecular weight excluding hydrogens is 422 g/mol. The third kappa shape index (κ3) is 10.4. The predicted octanol–water partition coefficient (Wildman–Crippen LogP) is 5.58. The Morgan fingerprint density at radius 2 is 1.84 bits per heavy atom. The quantitative estimate of drug-likeness (QED) is 0.271. The molecule has 0 saturated heterocycles. The first-order valence-corrected chi connectivity index (χ1v) is 12.8. The van der Waals surface area contributed by atoms with E-state index >= 15 is 0 Å². The standard InChI is InChI=1S/C26H43NO4S/c1-8-9-13-20(2)16-17-23(27-32(29)26(4,5)6)24(25(28)30-7)21(3)18-31-19-22-14-11-10-12-15-22/h10-12,14-15,21,23-24,27H,2,8-9,13,16-19H2,1,3-7H3/t21-,23+,24+,32?/m1/s1. The largest absolute Gasteiger partial charge is 0.469 e. The average Bonchev–Trinajstić information content (AvgIpc) is 2.75. The van der Waals surface area contributed by atoms with Crippen LogP contribution in [0.5, 0.6) is 0 Å².